The maximum Gasteiger partial charge on any atom is 0.136 e. The quantitative estimate of drug-likeness (QED) is 0.279. The molecule has 1 aliphatic rings. The molecule has 2 unspecified atom stereocenters. The summed E-state index contributed by atoms with van der Waals surface area (Å²) in [4.78, 5) is 4.50. The number of hydrogen-bond acceptors (Lipinski definition) is 3. The van der Waals surface area contributed by atoms with Crippen LogP contribution >= 0.6 is 0 Å². The van der Waals surface area contributed by atoms with Crippen molar-refractivity contribution in [3.8, 4) is 0 Å². The first-order valence-electron chi connectivity index (χ1n) is 9.97. The van der Waals surface area contributed by atoms with Gasteiger partial charge in [0.05, 0.1) is 6.61 Å². The van der Waals surface area contributed by atoms with Crippen LogP contribution < -0.4 is 0 Å². The zero-order chi connectivity index (χ0) is 19.6. The summed E-state index contributed by atoms with van der Waals surface area (Å²) in [5, 5.41) is 8.39. The Morgan fingerprint density at radius 2 is 1.78 bits per heavy atom. The lowest BCUT2D eigenvalue weighted by Gasteiger charge is -2.18. The molecule has 2 rings (SSSR count). The number of hydrogen-bond donors (Lipinski definition) is 1. The first-order chi connectivity index (χ1) is 13.0. The fourth-order valence-corrected chi connectivity index (χ4v) is 3.83. The van der Waals surface area contributed by atoms with Gasteiger partial charge in [-0.05, 0) is 36.2 Å². The maximum atomic E-state index is 8.39. The lowest BCUT2D eigenvalue weighted by atomic mass is 9.89. The van der Waals surface area contributed by atoms with Crippen molar-refractivity contribution in [3.05, 3.63) is 48.2 Å². The van der Waals surface area contributed by atoms with Gasteiger partial charge in [0.2, 0.25) is 0 Å². The Morgan fingerprint density at radius 3 is 2.37 bits per heavy atom. The molecular formula is C23H34N2O2. The van der Waals surface area contributed by atoms with Crippen molar-refractivity contribution < 1.29 is 9.47 Å². The predicted molar refractivity (Wildman–Crippen MR) is 112 cm³/mol. The Bertz CT molecular complexity index is 627. The molecule has 0 radical (unpaired) electrons. The lowest BCUT2D eigenvalue weighted by Crippen LogP contribution is -2.16. The number of nitrogens with zero attached hydrogens (tertiary/aromatic N) is 1. The van der Waals surface area contributed by atoms with Crippen LogP contribution in [0, 0.1) is 23.2 Å². The molecular weight excluding hydrogens is 336 g/mol. The molecule has 0 heterocycles. The van der Waals surface area contributed by atoms with Crippen molar-refractivity contribution in [1.82, 2.24) is 0 Å². The van der Waals surface area contributed by atoms with Crippen LogP contribution in [0.3, 0.4) is 0 Å². The van der Waals surface area contributed by atoms with Crippen LogP contribution in [0.25, 0.3) is 0 Å². The summed E-state index contributed by atoms with van der Waals surface area (Å²) in [5.41, 5.74) is 1.68. The zero-order valence-corrected chi connectivity index (χ0v) is 17.0. The van der Waals surface area contributed by atoms with Gasteiger partial charge in [-0.15, -0.1) is 0 Å². The van der Waals surface area contributed by atoms with E-state index < -0.39 is 0 Å². The van der Waals surface area contributed by atoms with Crippen molar-refractivity contribution in [3.63, 3.8) is 0 Å². The van der Waals surface area contributed by atoms with Crippen molar-refractivity contribution in [1.29, 1.82) is 5.41 Å². The number of aliphatic imine (C=N–C) groups is 1. The van der Waals surface area contributed by atoms with Crippen molar-refractivity contribution >= 4 is 11.5 Å². The van der Waals surface area contributed by atoms with Crippen molar-refractivity contribution in [2.75, 3.05) is 13.7 Å². The van der Waals surface area contributed by atoms with Crippen LogP contribution in [-0.2, 0) is 16.1 Å². The first-order valence-corrected chi connectivity index (χ1v) is 9.97. The minimum atomic E-state index is 0.299. The second-order valence-electron chi connectivity index (χ2n) is 7.96. The minimum Gasteiger partial charge on any atom is -0.488 e. The number of methoxy groups -OCH3 is 1. The Labute approximate surface area is 164 Å². The third-order valence-electron chi connectivity index (χ3n) is 5.23. The third-order valence-corrected chi connectivity index (χ3v) is 5.23. The Morgan fingerprint density at radius 1 is 1.15 bits per heavy atom. The van der Waals surface area contributed by atoms with Crippen LogP contribution in [0.15, 0.2) is 47.7 Å². The van der Waals surface area contributed by atoms with E-state index in [0.717, 1.165) is 17.4 Å². The van der Waals surface area contributed by atoms with Crippen molar-refractivity contribution in [2.45, 2.75) is 52.6 Å². The average molecular weight is 371 g/mol. The van der Waals surface area contributed by atoms with Gasteiger partial charge in [-0.1, -0.05) is 63.6 Å². The Kier molecular flexibility index (Phi) is 8.73. The molecule has 1 N–H and O–H groups in total. The van der Waals surface area contributed by atoms with Gasteiger partial charge in [0, 0.05) is 13.5 Å². The number of rotatable bonds is 8. The second kappa shape index (κ2) is 11.0. The van der Waals surface area contributed by atoms with E-state index in [1.165, 1.54) is 25.7 Å². The Balaban J connectivity index is 1.95. The summed E-state index contributed by atoms with van der Waals surface area (Å²) in [6.45, 7) is 9.39. The van der Waals surface area contributed by atoms with Crippen LogP contribution in [0.4, 0.5) is 0 Å². The molecule has 1 aliphatic carbocycles. The molecule has 27 heavy (non-hydrogen) atoms. The highest BCUT2D eigenvalue weighted by Crippen LogP contribution is 2.33. The average Bonchev–Trinajstić information content (AvgIpc) is 2.80. The summed E-state index contributed by atoms with van der Waals surface area (Å²) in [6, 6.07) is 9.96. The molecule has 1 aromatic carbocycles. The minimum absolute atomic E-state index is 0.299. The van der Waals surface area contributed by atoms with Crippen LogP contribution in [0.1, 0.15) is 51.5 Å². The number of benzene rings is 1. The van der Waals surface area contributed by atoms with Gasteiger partial charge in [0.15, 0.2) is 0 Å². The third kappa shape index (κ3) is 7.67. The molecule has 2 atom stereocenters. The second-order valence-corrected chi connectivity index (χ2v) is 7.96. The SMILES string of the molecule is C=C(OCc1ccccc1)C(COC)=NC(=N)CC1CC(C)CCC(C)C1. The van der Waals surface area contributed by atoms with Gasteiger partial charge < -0.3 is 9.47 Å². The standard InChI is InChI=1S/C23H34N2O2/c1-17-10-11-18(2)13-21(12-17)14-23(24)25-22(16-26-4)19(3)27-15-20-8-6-5-7-9-20/h5-9,17-18,21,24H,3,10-16H2,1-2,4H3. The van der Waals surface area contributed by atoms with E-state index >= 15 is 0 Å². The summed E-state index contributed by atoms with van der Waals surface area (Å²) in [6.07, 6.45) is 5.69. The summed E-state index contributed by atoms with van der Waals surface area (Å²) in [5.74, 6) is 2.89. The fourth-order valence-electron chi connectivity index (χ4n) is 3.83. The van der Waals surface area contributed by atoms with E-state index in [0.29, 0.717) is 42.9 Å². The summed E-state index contributed by atoms with van der Waals surface area (Å²) < 4.78 is 11.0. The van der Waals surface area contributed by atoms with Gasteiger partial charge in [-0.3, -0.25) is 5.41 Å². The molecule has 0 bridgehead atoms. The molecule has 0 amide bonds. The van der Waals surface area contributed by atoms with E-state index in [4.69, 9.17) is 14.9 Å². The summed E-state index contributed by atoms with van der Waals surface area (Å²) >= 11 is 0. The largest absolute Gasteiger partial charge is 0.488 e. The number of nitrogens with one attached hydrogen (secondary N) is 1. The fraction of sp³-hybridized carbons (Fsp3) is 0.565. The van der Waals surface area contributed by atoms with Gasteiger partial charge in [0.25, 0.3) is 0 Å². The normalized spacial score (nSPS) is 23.5. The number of amidine groups is 1. The topological polar surface area (TPSA) is 54.7 Å². The van der Waals surface area contributed by atoms with Gasteiger partial charge in [-0.25, -0.2) is 4.99 Å². The maximum absolute atomic E-state index is 8.39. The predicted octanol–water partition coefficient (Wildman–Crippen LogP) is 5.63. The number of ether oxygens (including phenoxy) is 2. The van der Waals surface area contributed by atoms with Crippen molar-refractivity contribution in [2.24, 2.45) is 22.7 Å². The highest BCUT2D eigenvalue weighted by molar-refractivity contribution is 6.06. The molecule has 1 saturated carbocycles. The molecule has 1 fully saturated rings. The van der Waals surface area contributed by atoms with E-state index in [1.54, 1.807) is 7.11 Å². The van der Waals surface area contributed by atoms with E-state index in [-0.39, 0.29) is 0 Å². The van der Waals surface area contributed by atoms with Crippen LogP contribution in [-0.4, -0.2) is 25.3 Å². The molecule has 0 saturated heterocycles. The van der Waals surface area contributed by atoms with E-state index in [9.17, 15) is 0 Å². The first kappa shape index (κ1) is 21.4. The van der Waals surface area contributed by atoms with Gasteiger partial charge >= 0.3 is 0 Å². The van der Waals surface area contributed by atoms with E-state index in [1.807, 2.05) is 30.3 Å². The summed E-state index contributed by atoms with van der Waals surface area (Å²) in [7, 11) is 1.62. The molecule has 1 aromatic rings. The highest BCUT2D eigenvalue weighted by atomic mass is 16.5. The van der Waals surface area contributed by atoms with Crippen LogP contribution in [0.2, 0.25) is 0 Å². The Hall–Kier alpha value is -1.94. The van der Waals surface area contributed by atoms with Gasteiger partial charge in [0.1, 0.15) is 23.9 Å². The molecule has 0 aliphatic heterocycles. The highest BCUT2D eigenvalue weighted by Gasteiger charge is 2.22. The van der Waals surface area contributed by atoms with Crippen LogP contribution in [0.5, 0.6) is 0 Å². The molecule has 0 spiro atoms. The zero-order valence-electron chi connectivity index (χ0n) is 17.0. The lowest BCUT2D eigenvalue weighted by molar-refractivity contribution is 0.206. The molecule has 4 heteroatoms. The molecule has 148 valence electrons. The van der Waals surface area contributed by atoms with Gasteiger partial charge in [-0.2, -0.15) is 0 Å². The monoisotopic (exact) mass is 370 g/mol. The van der Waals surface area contributed by atoms with E-state index in [2.05, 4.69) is 25.4 Å². The smallest absolute Gasteiger partial charge is 0.136 e. The molecule has 4 nitrogen and oxygen atoms in total. The molecule has 0 aromatic heterocycles.